The molecule has 1 unspecified atom stereocenters. The lowest BCUT2D eigenvalue weighted by Gasteiger charge is -2.54. The summed E-state index contributed by atoms with van der Waals surface area (Å²) in [4.78, 5) is 29.3. The Balaban J connectivity index is 1.94. The molecule has 1 aromatic heterocycles. The minimum atomic E-state index is -0.219. The minimum Gasteiger partial charge on any atom is -0.330 e. The summed E-state index contributed by atoms with van der Waals surface area (Å²) in [7, 11) is 0. The number of hydrogen-bond acceptors (Lipinski definition) is 2. The first kappa shape index (κ1) is 15.5. The van der Waals surface area contributed by atoms with E-state index in [1.807, 2.05) is 30.0 Å². The van der Waals surface area contributed by atoms with Crippen LogP contribution in [0.15, 0.2) is 47.3 Å². The van der Waals surface area contributed by atoms with Crippen LogP contribution in [0, 0.1) is 5.41 Å². The van der Waals surface area contributed by atoms with Crippen molar-refractivity contribution in [3.05, 3.63) is 69.6 Å². The standard InChI is InChI=1S/C19H22N2O2/c1-4-15-10-14(11-16(22)20-15)18(23)21-12-19(2,3)17(21)13-8-6-5-7-9-13/h5-11,17H,4,12H2,1-3H3,(H,20,22). The van der Waals surface area contributed by atoms with E-state index in [9.17, 15) is 9.59 Å². The van der Waals surface area contributed by atoms with Crippen molar-refractivity contribution in [3.8, 4) is 0 Å². The van der Waals surface area contributed by atoms with Crippen molar-refractivity contribution >= 4 is 5.91 Å². The van der Waals surface area contributed by atoms with Crippen LogP contribution in [0.4, 0.5) is 0 Å². The van der Waals surface area contributed by atoms with Crippen LogP contribution < -0.4 is 5.56 Å². The lowest BCUT2D eigenvalue weighted by molar-refractivity contribution is -0.0322. The highest BCUT2D eigenvalue weighted by molar-refractivity contribution is 5.95. The van der Waals surface area contributed by atoms with Crippen LogP contribution in [-0.4, -0.2) is 22.3 Å². The van der Waals surface area contributed by atoms with Crippen LogP contribution in [-0.2, 0) is 6.42 Å². The summed E-state index contributed by atoms with van der Waals surface area (Å²) in [5, 5.41) is 0. The van der Waals surface area contributed by atoms with Crippen molar-refractivity contribution in [1.82, 2.24) is 9.88 Å². The first-order valence-corrected chi connectivity index (χ1v) is 8.01. The molecule has 4 heteroatoms. The Morgan fingerprint density at radius 1 is 1.26 bits per heavy atom. The van der Waals surface area contributed by atoms with Crippen molar-refractivity contribution in [2.24, 2.45) is 5.41 Å². The quantitative estimate of drug-likeness (QED) is 0.947. The summed E-state index contributed by atoms with van der Waals surface area (Å²) in [6, 6.07) is 13.3. The van der Waals surface area contributed by atoms with E-state index in [2.05, 4.69) is 31.0 Å². The number of nitrogens with one attached hydrogen (secondary N) is 1. The van der Waals surface area contributed by atoms with Gasteiger partial charge in [0.15, 0.2) is 0 Å². The third-order valence-corrected chi connectivity index (χ3v) is 4.53. The molecule has 23 heavy (non-hydrogen) atoms. The Kier molecular flexibility index (Phi) is 3.84. The maximum atomic E-state index is 12.9. The summed E-state index contributed by atoms with van der Waals surface area (Å²) in [5.41, 5.74) is 2.21. The van der Waals surface area contributed by atoms with Gasteiger partial charge in [-0.2, -0.15) is 0 Å². The molecule has 0 aliphatic carbocycles. The Morgan fingerprint density at radius 2 is 1.96 bits per heavy atom. The second-order valence-electron chi connectivity index (χ2n) is 6.85. The van der Waals surface area contributed by atoms with Gasteiger partial charge in [-0.25, -0.2) is 0 Å². The normalized spacial score (nSPS) is 19.3. The van der Waals surface area contributed by atoms with Crippen molar-refractivity contribution < 1.29 is 4.79 Å². The Morgan fingerprint density at radius 3 is 2.57 bits per heavy atom. The molecule has 1 amide bonds. The molecule has 1 aromatic carbocycles. The molecule has 2 heterocycles. The molecule has 3 rings (SSSR count). The molecule has 2 aromatic rings. The fourth-order valence-corrected chi connectivity index (χ4v) is 3.46. The van der Waals surface area contributed by atoms with Gasteiger partial charge in [-0.15, -0.1) is 0 Å². The molecular weight excluding hydrogens is 288 g/mol. The highest BCUT2D eigenvalue weighted by atomic mass is 16.2. The zero-order valence-corrected chi connectivity index (χ0v) is 13.8. The molecule has 0 bridgehead atoms. The van der Waals surface area contributed by atoms with E-state index in [-0.39, 0.29) is 22.9 Å². The number of aromatic nitrogens is 1. The average molecular weight is 310 g/mol. The zero-order valence-electron chi connectivity index (χ0n) is 13.8. The molecule has 120 valence electrons. The molecule has 1 aliphatic heterocycles. The molecule has 4 nitrogen and oxygen atoms in total. The number of carbonyl (C=O) groups excluding carboxylic acids is 1. The lowest BCUT2D eigenvalue weighted by atomic mass is 9.71. The van der Waals surface area contributed by atoms with Crippen molar-refractivity contribution in [3.63, 3.8) is 0 Å². The zero-order chi connectivity index (χ0) is 16.6. The van der Waals surface area contributed by atoms with Crippen molar-refractivity contribution in [1.29, 1.82) is 0 Å². The Labute approximate surface area is 136 Å². The number of amides is 1. The van der Waals surface area contributed by atoms with E-state index in [0.29, 0.717) is 18.5 Å². The molecule has 1 fully saturated rings. The number of aromatic amines is 1. The van der Waals surface area contributed by atoms with Gasteiger partial charge in [-0.05, 0) is 18.1 Å². The van der Waals surface area contributed by atoms with Crippen LogP contribution >= 0.6 is 0 Å². The van der Waals surface area contributed by atoms with Gasteiger partial charge >= 0.3 is 0 Å². The van der Waals surface area contributed by atoms with Crippen LogP contribution in [0.3, 0.4) is 0 Å². The summed E-state index contributed by atoms with van der Waals surface area (Å²) in [6.07, 6.45) is 0.698. The van der Waals surface area contributed by atoms with Gasteiger partial charge < -0.3 is 9.88 Å². The number of hydrogen-bond donors (Lipinski definition) is 1. The lowest BCUT2D eigenvalue weighted by Crippen LogP contribution is -2.57. The van der Waals surface area contributed by atoms with E-state index >= 15 is 0 Å². The van der Waals surface area contributed by atoms with E-state index in [1.165, 1.54) is 6.07 Å². The predicted octanol–water partition coefficient (Wildman–Crippen LogP) is 3.16. The molecule has 0 saturated carbocycles. The highest BCUT2D eigenvalue weighted by Gasteiger charge is 2.48. The number of carbonyl (C=O) groups is 1. The third kappa shape index (κ3) is 2.81. The fourth-order valence-electron chi connectivity index (χ4n) is 3.46. The topological polar surface area (TPSA) is 53.2 Å². The first-order chi connectivity index (χ1) is 10.9. The fraction of sp³-hybridized carbons (Fsp3) is 0.368. The maximum absolute atomic E-state index is 12.9. The molecule has 0 spiro atoms. The Hall–Kier alpha value is -2.36. The van der Waals surface area contributed by atoms with Gasteiger partial charge in [-0.1, -0.05) is 51.1 Å². The number of nitrogens with zero attached hydrogens (tertiary/aromatic N) is 1. The van der Waals surface area contributed by atoms with Crippen molar-refractivity contribution in [2.45, 2.75) is 33.2 Å². The highest BCUT2D eigenvalue weighted by Crippen LogP contribution is 2.48. The first-order valence-electron chi connectivity index (χ1n) is 8.01. The van der Waals surface area contributed by atoms with Gasteiger partial charge in [-0.3, -0.25) is 9.59 Å². The number of aryl methyl sites for hydroxylation is 1. The van der Waals surface area contributed by atoms with Crippen LogP contribution in [0.2, 0.25) is 0 Å². The largest absolute Gasteiger partial charge is 0.330 e. The number of rotatable bonds is 3. The monoisotopic (exact) mass is 310 g/mol. The van der Waals surface area contributed by atoms with E-state index in [4.69, 9.17) is 0 Å². The summed E-state index contributed by atoms with van der Waals surface area (Å²) >= 11 is 0. The van der Waals surface area contributed by atoms with Gasteiger partial charge in [0, 0.05) is 29.3 Å². The van der Waals surface area contributed by atoms with Crippen LogP contribution in [0.1, 0.15) is 48.4 Å². The van der Waals surface area contributed by atoms with Crippen LogP contribution in [0.5, 0.6) is 0 Å². The molecule has 1 saturated heterocycles. The summed E-state index contributed by atoms with van der Waals surface area (Å²) in [6.45, 7) is 6.99. The summed E-state index contributed by atoms with van der Waals surface area (Å²) < 4.78 is 0. The molecular formula is C19H22N2O2. The predicted molar refractivity (Wildman–Crippen MR) is 90.4 cm³/mol. The second-order valence-corrected chi connectivity index (χ2v) is 6.85. The van der Waals surface area contributed by atoms with E-state index < -0.39 is 0 Å². The van der Waals surface area contributed by atoms with Gasteiger partial charge in [0.05, 0.1) is 6.04 Å². The smallest absolute Gasteiger partial charge is 0.254 e. The number of benzene rings is 1. The number of H-pyrrole nitrogens is 1. The van der Waals surface area contributed by atoms with Gasteiger partial charge in [0.2, 0.25) is 5.56 Å². The minimum absolute atomic E-state index is 0.0335. The summed E-state index contributed by atoms with van der Waals surface area (Å²) in [5.74, 6) is -0.0704. The van der Waals surface area contributed by atoms with E-state index in [0.717, 1.165) is 11.3 Å². The van der Waals surface area contributed by atoms with Crippen molar-refractivity contribution in [2.75, 3.05) is 6.54 Å². The third-order valence-electron chi connectivity index (χ3n) is 4.53. The SMILES string of the molecule is CCc1cc(C(=O)N2CC(C)(C)C2c2ccccc2)cc(=O)[nH]1. The van der Waals surface area contributed by atoms with Gasteiger partial charge in [0.25, 0.3) is 5.91 Å². The molecule has 1 N–H and O–H groups in total. The van der Waals surface area contributed by atoms with Crippen LogP contribution in [0.25, 0.3) is 0 Å². The van der Waals surface area contributed by atoms with E-state index in [1.54, 1.807) is 6.07 Å². The second kappa shape index (κ2) is 5.69. The molecule has 0 radical (unpaired) electrons. The maximum Gasteiger partial charge on any atom is 0.254 e. The Bertz CT molecular complexity index is 777. The number of likely N-dealkylation sites (tertiary alicyclic amines) is 1. The van der Waals surface area contributed by atoms with Gasteiger partial charge in [0.1, 0.15) is 0 Å². The molecule has 1 atom stereocenters. The number of pyridine rings is 1. The molecule has 1 aliphatic rings. The average Bonchev–Trinajstić information content (AvgIpc) is 2.52.